The zero-order valence-corrected chi connectivity index (χ0v) is 20.6. The fraction of sp³-hybridized carbons (Fsp3) is 0.458. The van der Waals surface area contributed by atoms with Gasteiger partial charge in [0.15, 0.2) is 17.3 Å². The summed E-state index contributed by atoms with van der Waals surface area (Å²) in [6.07, 6.45) is 0. The molecular formula is C24H29N3O6S. The number of methoxy groups -OCH3 is 2. The fourth-order valence-electron chi connectivity index (χ4n) is 4.51. The molecule has 1 saturated heterocycles. The largest absolute Gasteiger partial charge is 0.503 e. The van der Waals surface area contributed by atoms with Crippen molar-refractivity contribution >= 4 is 23.0 Å². The number of aliphatic hydroxyl groups is 1. The van der Waals surface area contributed by atoms with E-state index in [-0.39, 0.29) is 5.57 Å². The maximum atomic E-state index is 13.7. The van der Waals surface area contributed by atoms with Crippen molar-refractivity contribution in [3.05, 3.63) is 50.7 Å². The summed E-state index contributed by atoms with van der Waals surface area (Å²) in [4.78, 5) is 35.5. The molecule has 1 atom stereocenters. The zero-order chi connectivity index (χ0) is 24.4. The zero-order valence-electron chi connectivity index (χ0n) is 19.8. The second-order valence-corrected chi connectivity index (χ2v) is 9.38. The summed E-state index contributed by atoms with van der Waals surface area (Å²) in [6, 6.07) is 4.49. The van der Waals surface area contributed by atoms with E-state index in [2.05, 4.69) is 9.88 Å². The Kier molecular flexibility index (Phi) is 7.20. The van der Waals surface area contributed by atoms with Gasteiger partial charge in [-0.15, -0.1) is 11.3 Å². The van der Waals surface area contributed by atoms with Gasteiger partial charge in [0.05, 0.1) is 54.6 Å². The van der Waals surface area contributed by atoms with Crippen molar-refractivity contribution in [3.63, 3.8) is 0 Å². The molecule has 4 rings (SSSR count). The van der Waals surface area contributed by atoms with Gasteiger partial charge in [-0.1, -0.05) is 12.1 Å². The van der Waals surface area contributed by atoms with E-state index in [1.807, 2.05) is 6.92 Å². The van der Waals surface area contributed by atoms with E-state index in [9.17, 15) is 14.7 Å². The summed E-state index contributed by atoms with van der Waals surface area (Å²) < 4.78 is 16.5. The minimum atomic E-state index is -0.826. The Balaban J connectivity index is 1.78. The van der Waals surface area contributed by atoms with Crippen molar-refractivity contribution < 1.29 is 28.9 Å². The maximum absolute atomic E-state index is 13.7. The molecule has 1 aromatic carbocycles. The molecule has 9 nitrogen and oxygen atoms in total. The normalized spacial score (nSPS) is 19.1. The van der Waals surface area contributed by atoms with E-state index in [0.717, 1.165) is 18.1 Å². The highest BCUT2D eigenvalue weighted by Crippen LogP contribution is 2.45. The van der Waals surface area contributed by atoms with Crippen LogP contribution in [0.1, 0.15) is 32.0 Å². The van der Waals surface area contributed by atoms with Crippen LogP contribution in [0.25, 0.3) is 0 Å². The van der Waals surface area contributed by atoms with Crippen LogP contribution in [-0.2, 0) is 9.53 Å². The summed E-state index contributed by atoms with van der Waals surface area (Å²) in [5.74, 6) is -0.629. The Morgan fingerprint density at radius 3 is 2.56 bits per heavy atom. The quantitative estimate of drug-likeness (QED) is 0.567. The highest BCUT2D eigenvalue weighted by Gasteiger charge is 2.45. The van der Waals surface area contributed by atoms with Gasteiger partial charge >= 0.3 is 0 Å². The number of morpholine rings is 1. The predicted octanol–water partition coefficient (Wildman–Crippen LogP) is 2.69. The van der Waals surface area contributed by atoms with Crippen molar-refractivity contribution in [1.82, 2.24) is 14.8 Å². The van der Waals surface area contributed by atoms with Gasteiger partial charge in [0, 0.05) is 31.7 Å². The topological polar surface area (TPSA) is 101 Å². The van der Waals surface area contributed by atoms with Crippen molar-refractivity contribution in [1.29, 1.82) is 0 Å². The molecule has 10 heteroatoms. The molecule has 0 aliphatic carbocycles. The minimum absolute atomic E-state index is 0.0327. The number of nitrogens with zero attached hydrogens (tertiary/aromatic N) is 3. The Bertz CT molecular complexity index is 1120. The summed E-state index contributed by atoms with van der Waals surface area (Å²) in [7, 11) is 3.04. The molecule has 2 aromatic rings. The van der Waals surface area contributed by atoms with Crippen molar-refractivity contribution in [2.24, 2.45) is 0 Å². The number of aryl methyl sites for hydroxylation is 2. The number of benzene rings is 1. The first kappa shape index (κ1) is 24.2. The molecule has 3 heterocycles. The maximum Gasteiger partial charge on any atom is 0.290 e. The van der Waals surface area contributed by atoms with E-state index in [0.29, 0.717) is 53.9 Å². The van der Waals surface area contributed by atoms with E-state index in [1.165, 1.54) is 25.6 Å². The molecule has 0 saturated carbocycles. The van der Waals surface area contributed by atoms with Gasteiger partial charge in [-0.05, 0) is 19.9 Å². The molecule has 2 aliphatic rings. The van der Waals surface area contributed by atoms with Crippen LogP contribution in [0.4, 0.5) is 0 Å². The lowest BCUT2D eigenvalue weighted by Gasteiger charge is -2.32. The van der Waals surface area contributed by atoms with Crippen LogP contribution in [0.2, 0.25) is 0 Å². The number of amides is 1. The smallest absolute Gasteiger partial charge is 0.290 e. The average Bonchev–Trinajstić information content (AvgIpc) is 3.32. The number of carbonyl (C=O) groups is 2. The number of ether oxygens (including phenoxy) is 3. The first-order valence-electron chi connectivity index (χ1n) is 11.1. The highest BCUT2D eigenvalue weighted by molar-refractivity contribution is 7.14. The van der Waals surface area contributed by atoms with E-state index in [1.54, 1.807) is 30.0 Å². The average molecular weight is 488 g/mol. The molecule has 0 unspecified atom stereocenters. The van der Waals surface area contributed by atoms with Gasteiger partial charge in [0.1, 0.15) is 0 Å². The molecule has 1 N–H and O–H groups in total. The Hall–Kier alpha value is -2.95. The number of thiazole rings is 1. The standard InChI is InChI=1S/C24H29N3O6S/c1-14-23(34-15(2)25-14)20(28)18-19(16-6-5-7-17(31-3)22(16)32-4)27(24(30)21(18)29)9-8-26-10-12-33-13-11-26/h5-7,19,29H,8-13H2,1-4H3/t19-/m0/s1. The van der Waals surface area contributed by atoms with Crippen LogP contribution < -0.4 is 9.47 Å². The van der Waals surface area contributed by atoms with Crippen LogP contribution in [0, 0.1) is 13.8 Å². The molecule has 2 aliphatic heterocycles. The third-order valence-electron chi connectivity index (χ3n) is 6.15. The number of carbonyl (C=O) groups excluding carboxylic acids is 2. The number of aromatic nitrogens is 1. The van der Waals surface area contributed by atoms with Crippen LogP contribution in [-0.4, -0.2) is 85.2 Å². The van der Waals surface area contributed by atoms with Crippen LogP contribution >= 0.6 is 11.3 Å². The summed E-state index contributed by atoms with van der Waals surface area (Å²) in [6.45, 7) is 7.29. The van der Waals surface area contributed by atoms with Crippen molar-refractivity contribution in [2.75, 3.05) is 53.6 Å². The number of hydrogen-bond donors (Lipinski definition) is 1. The first-order chi connectivity index (χ1) is 16.4. The SMILES string of the molecule is COc1cccc([C@H]2C(C(=O)c3sc(C)nc3C)=C(O)C(=O)N2CCN2CCOCC2)c1OC. The molecule has 0 radical (unpaired) electrons. The Labute approximate surface area is 202 Å². The van der Waals surface area contributed by atoms with Gasteiger partial charge in [0.2, 0.25) is 5.78 Å². The molecule has 0 spiro atoms. The number of para-hydroxylation sites is 1. The molecular weight excluding hydrogens is 458 g/mol. The number of ketones is 1. The van der Waals surface area contributed by atoms with E-state index >= 15 is 0 Å². The van der Waals surface area contributed by atoms with Crippen LogP contribution in [0.15, 0.2) is 29.5 Å². The summed E-state index contributed by atoms with van der Waals surface area (Å²) in [5.41, 5.74) is 1.18. The monoisotopic (exact) mass is 487 g/mol. The first-order valence-corrected chi connectivity index (χ1v) is 11.9. The second-order valence-electron chi connectivity index (χ2n) is 8.18. The summed E-state index contributed by atoms with van der Waals surface area (Å²) >= 11 is 1.25. The third-order valence-corrected chi connectivity index (χ3v) is 7.22. The number of Topliss-reactive ketones (excluding diaryl/α,β-unsaturated/α-hetero) is 1. The number of rotatable bonds is 8. The molecule has 182 valence electrons. The number of hydrogen-bond acceptors (Lipinski definition) is 9. The van der Waals surface area contributed by atoms with Crippen molar-refractivity contribution in [3.8, 4) is 11.5 Å². The molecule has 34 heavy (non-hydrogen) atoms. The predicted molar refractivity (Wildman–Crippen MR) is 127 cm³/mol. The Morgan fingerprint density at radius 2 is 1.94 bits per heavy atom. The van der Waals surface area contributed by atoms with Gasteiger partial charge < -0.3 is 24.2 Å². The fourth-order valence-corrected chi connectivity index (χ4v) is 5.38. The lowest BCUT2D eigenvalue weighted by Crippen LogP contribution is -2.43. The molecule has 1 fully saturated rings. The Morgan fingerprint density at radius 1 is 1.21 bits per heavy atom. The van der Waals surface area contributed by atoms with Gasteiger partial charge in [-0.25, -0.2) is 4.98 Å². The molecule has 1 amide bonds. The van der Waals surface area contributed by atoms with Crippen LogP contribution in [0.5, 0.6) is 11.5 Å². The molecule has 0 bridgehead atoms. The lowest BCUT2D eigenvalue weighted by atomic mass is 9.94. The van der Waals surface area contributed by atoms with Gasteiger partial charge in [-0.3, -0.25) is 14.5 Å². The molecule has 1 aromatic heterocycles. The van der Waals surface area contributed by atoms with Gasteiger partial charge in [0.25, 0.3) is 5.91 Å². The second kappa shape index (κ2) is 10.1. The minimum Gasteiger partial charge on any atom is -0.503 e. The van der Waals surface area contributed by atoms with Crippen molar-refractivity contribution in [2.45, 2.75) is 19.9 Å². The van der Waals surface area contributed by atoms with E-state index in [4.69, 9.17) is 14.2 Å². The highest BCUT2D eigenvalue weighted by atomic mass is 32.1. The van der Waals surface area contributed by atoms with Gasteiger partial charge in [-0.2, -0.15) is 0 Å². The van der Waals surface area contributed by atoms with E-state index < -0.39 is 23.5 Å². The summed E-state index contributed by atoms with van der Waals surface area (Å²) in [5, 5.41) is 11.7. The number of aliphatic hydroxyl groups excluding tert-OH is 1. The van der Waals surface area contributed by atoms with Crippen LogP contribution in [0.3, 0.4) is 0 Å². The third kappa shape index (κ3) is 4.40. The lowest BCUT2D eigenvalue weighted by molar-refractivity contribution is -0.129.